The van der Waals surface area contributed by atoms with Gasteiger partial charge in [0, 0.05) is 17.1 Å². The molecule has 2 rings (SSSR count). The molecule has 2 nitrogen and oxygen atoms in total. The third-order valence-electron chi connectivity index (χ3n) is 1.57. The Morgan fingerprint density at radius 3 is 2.83 bits per heavy atom. The summed E-state index contributed by atoms with van der Waals surface area (Å²) in [5.41, 5.74) is 0.681. The minimum Gasteiger partial charge on any atom is -0.355 e. The minimum atomic E-state index is -0.177. The van der Waals surface area contributed by atoms with Gasteiger partial charge in [-0.25, -0.2) is 6.07 Å². The molecule has 0 saturated carbocycles. The van der Waals surface area contributed by atoms with E-state index in [1.165, 1.54) is 0 Å². The van der Waals surface area contributed by atoms with E-state index in [0.717, 1.165) is 10.9 Å². The van der Waals surface area contributed by atoms with Gasteiger partial charge in [-0.15, -0.1) is 6.07 Å². The molecule has 62 valence electrons. The molecule has 1 N–H and O–H groups in total. The van der Waals surface area contributed by atoms with Gasteiger partial charge in [-0.1, -0.05) is 18.2 Å². The van der Waals surface area contributed by atoms with Crippen LogP contribution in [0.25, 0.3) is 10.9 Å². The maximum absolute atomic E-state index is 10.8. The van der Waals surface area contributed by atoms with E-state index in [1.807, 2.05) is 24.3 Å². The fourth-order valence-corrected chi connectivity index (χ4v) is 1.04. The zero-order valence-corrected chi connectivity index (χ0v) is 7.25. The van der Waals surface area contributed by atoms with E-state index in [1.54, 1.807) is 6.07 Å². The van der Waals surface area contributed by atoms with Gasteiger partial charge >= 0.3 is 0 Å². The summed E-state index contributed by atoms with van der Waals surface area (Å²) < 4.78 is 0. The molecule has 1 aromatic carbocycles. The number of hydrogen-bond donors (Lipinski definition) is 1. The molecule has 0 amide bonds. The molecule has 12 heavy (non-hydrogen) atoms. The first-order valence-electron chi connectivity index (χ1n) is 3.36. The number of para-hydroxylation sites is 1. The van der Waals surface area contributed by atoms with Crippen LogP contribution in [-0.2, 0) is 17.1 Å². The van der Waals surface area contributed by atoms with Crippen LogP contribution in [0.3, 0.4) is 0 Å². The number of benzene rings is 1. The molecule has 0 aliphatic carbocycles. The minimum absolute atomic E-state index is 0. The van der Waals surface area contributed by atoms with Crippen molar-refractivity contribution in [2.45, 2.75) is 0 Å². The van der Waals surface area contributed by atoms with Crippen LogP contribution >= 0.6 is 0 Å². The van der Waals surface area contributed by atoms with Crippen LogP contribution in [0.5, 0.6) is 0 Å². The summed E-state index contributed by atoms with van der Waals surface area (Å²) in [4.78, 5) is 13.5. The molecule has 1 aromatic heterocycles. The maximum Gasteiger partial charge on any atom is 0.156 e. The van der Waals surface area contributed by atoms with Gasteiger partial charge in [0.25, 0.3) is 0 Å². The zero-order valence-electron chi connectivity index (χ0n) is 6.15. The first-order valence-corrected chi connectivity index (χ1v) is 3.36. The van der Waals surface area contributed by atoms with Crippen molar-refractivity contribution in [3.8, 4) is 0 Å². The molecule has 0 saturated heterocycles. The van der Waals surface area contributed by atoms with E-state index >= 15 is 0 Å². The second-order valence-electron chi connectivity index (χ2n) is 2.33. The Morgan fingerprint density at radius 2 is 2.00 bits per heavy atom. The predicted octanol–water partition coefficient (Wildman–Crippen LogP) is 1.33. The largest absolute Gasteiger partial charge is 0.355 e. The number of nitrogens with one attached hydrogen (secondary N) is 1. The summed E-state index contributed by atoms with van der Waals surface area (Å²) in [6, 6.07) is 11.9. The van der Waals surface area contributed by atoms with E-state index in [0.29, 0.717) is 0 Å². The van der Waals surface area contributed by atoms with Crippen LogP contribution in [0, 0.1) is 6.07 Å². The van der Waals surface area contributed by atoms with Crippen molar-refractivity contribution in [2.75, 3.05) is 0 Å². The van der Waals surface area contributed by atoms with Crippen molar-refractivity contribution in [2.24, 2.45) is 0 Å². The van der Waals surface area contributed by atoms with E-state index in [2.05, 4.69) is 11.1 Å². The van der Waals surface area contributed by atoms with Gasteiger partial charge in [0.1, 0.15) is 0 Å². The molecule has 0 spiro atoms. The van der Waals surface area contributed by atoms with Crippen molar-refractivity contribution in [3.63, 3.8) is 0 Å². The van der Waals surface area contributed by atoms with Gasteiger partial charge in [-0.2, -0.15) is 11.5 Å². The van der Waals surface area contributed by atoms with E-state index in [9.17, 15) is 4.79 Å². The first kappa shape index (κ1) is 9.04. The van der Waals surface area contributed by atoms with Gasteiger partial charge in [0.2, 0.25) is 0 Å². The number of aromatic nitrogens is 1. The summed E-state index contributed by atoms with van der Waals surface area (Å²) in [6.45, 7) is 0. The second-order valence-corrected chi connectivity index (χ2v) is 2.33. The molecular weight excluding hydrogens is 194 g/mol. The molecule has 0 unspecified atom stereocenters. The molecule has 0 atom stereocenters. The average molecular weight is 200 g/mol. The molecule has 1 heterocycles. The molecule has 3 heteroatoms. The van der Waals surface area contributed by atoms with Gasteiger partial charge in [-0.3, -0.25) is 4.79 Å². The van der Waals surface area contributed by atoms with Crippen molar-refractivity contribution in [1.82, 2.24) is 4.98 Å². The molecule has 0 aliphatic heterocycles. The standard InChI is InChI=1S/C9H6NO.Fe/c11-9-6-5-7-3-1-2-4-8(7)10-9;/h1-5H,(H,10,11);/q-1;. The summed E-state index contributed by atoms with van der Waals surface area (Å²) in [5, 5.41) is 1.01. The summed E-state index contributed by atoms with van der Waals surface area (Å²) in [6.07, 6.45) is 0. The predicted molar refractivity (Wildman–Crippen MR) is 43.4 cm³/mol. The molecule has 2 aromatic rings. The summed E-state index contributed by atoms with van der Waals surface area (Å²) >= 11 is 0. The molecule has 0 aliphatic rings. The number of aromatic amines is 1. The Morgan fingerprint density at radius 1 is 1.25 bits per heavy atom. The van der Waals surface area contributed by atoms with Crippen molar-refractivity contribution in [3.05, 3.63) is 46.8 Å². The number of pyridine rings is 1. The van der Waals surface area contributed by atoms with Gasteiger partial charge in [0.15, 0.2) is 5.56 Å². The smallest absolute Gasteiger partial charge is 0.156 e. The molecular formula is C9H6FeNO-. The van der Waals surface area contributed by atoms with Crippen molar-refractivity contribution >= 4 is 10.9 Å². The Balaban J connectivity index is 0.000000720. The van der Waals surface area contributed by atoms with Gasteiger partial charge in [-0.05, 0) is 5.52 Å². The average Bonchev–Trinajstić information content (AvgIpc) is 2.04. The van der Waals surface area contributed by atoms with E-state index in [4.69, 9.17) is 0 Å². The van der Waals surface area contributed by atoms with Crippen LogP contribution < -0.4 is 5.56 Å². The third-order valence-corrected chi connectivity index (χ3v) is 1.57. The van der Waals surface area contributed by atoms with Crippen LogP contribution in [0.15, 0.2) is 35.1 Å². The Bertz CT molecular complexity index is 435. The normalized spacial score (nSPS) is 9.33. The maximum atomic E-state index is 10.8. The summed E-state index contributed by atoms with van der Waals surface area (Å²) in [5.74, 6) is 0. The number of rotatable bonds is 0. The monoisotopic (exact) mass is 200 g/mol. The van der Waals surface area contributed by atoms with Crippen molar-refractivity contribution in [1.29, 1.82) is 0 Å². The van der Waals surface area contributed by atoms with Crippen LogP contribution in [-0.4, -0.2) is 4.98 Å². The quantitative estimate of drug-likeness (QED) is 0.504. The van der Waals surface area contributed by atoms with Crippen LogP contribution in [0.4, 0.5) is 0 Å². The van der Waals surface area contributed by atoms with E-state index < -0.39 is 0 Å². The van der Waals surface area contributed by atoms with Crippen LogP contribution in [0.2, 0.25) is 0 Å². The number of hydrogen-bond acceptors (Lipinski definition) is 1. The number of fused-ring (bicyclic) bond motifs is 1. The van der Waals surface area contributed by atoms with Crippen molar-refractivity contribution < 1.29 is 17.1 Å². The third kappa shape index (κ3) is 1.58. The number of H-pyrrole nitrogens is 1. The Labute approximate surface area is 80.1 Å². The summed E-state index contributed by atoms with van der Waals surface area (Å²) in [7, 11) is 0. The fourth-order valence-electron chi connectivity index (χ4n) is 1.04. The molecule has 0 radical (unpaired) electrons. The van der Waals surface area contributed by atoms with E-state index in [-0.39, 0.29) is 22.6 Å². The molecule has 0 fully saturated rings. The second kappa shape index (κ2) is 3.57. The van der Waals surface area contributed by atoms with Gasteiger partial charge in [0.05, 0.1) is 0 Å². The first-order chi connectivity index (χ1) is 5.36. The zero-order chi connectivity index (χ0) is 7.68. The Hall–Kier alpha value is -1.05. The fraction of sp³-hybridized carbons (Fsp3) is 0. The topological polar surface area (TPSA) is 32.9 Å². The van der Waals surface area contributed by atoms with Crippen LogP contribution in [0.1, 0.15) is 0 Å². The Kier molecular flexibility index (Phi) is 2.69. The van der Waals surface area contributed by atoms with Gasteiger partial charge < -0.3 is 4.98 Å². The molecule has 0 bridgehead atoms. The SMILES string of the molecule is O=c1[c-]cc2ccccc2[nH]1.[Fe].